The molecule has 118 valence electrons. The van der Waals surface area contributed by atoms with Crippen molar-refractivity contribution in [2.24, 2.45) is 11.8 Å². The summed E-state index contributed by atoms with van der Waals surface area (Å²) in [6, 6.07) is 0.723. The summed E-state index contributed by atoms with van der Waals surface area (Å²) in [5.74, 6) is 1.68. The van der Waals surface area contributed by atoms with Crippen LogP contribution in [0.25, 0.3) is 0 Å². The van der Waals surface area contributed by atoms with Crippen LogP contribution >= 0.6 is 0 Å². The van der Waals surface area contributed by atoms with Crippen molar-refractivity contribution in [3.8, 4) is 0 Å². The lowest BCUT2D eigenvalue weighted by Gasteiger charge is -2.48. The van der Waals surface area contributed by atoms with Crippen molar-refractivity contribution in [1.29, 1.82) is 0 Å². The monoisotopic (exact) mass is 281 g/mol. The van der Waals surface area contributed by atoms with Gasteiger partial charge in [-0.1, -0.05) is 13.8 Å². The van der Waals surface area contributed by atoms with E-state index in [1.54, 1.807) is 0 Å². The van der Waals surface area contributed by atoms with Crippen molar-refractivity contribution in [2.45, 2.75) is 58.0 Å². The van der Waals surface area contributed by atoms with Crippen LogP contribution in [0, 0.1) is 11.8 Å². The minimum absolute atomic E-state index is 0.382. The first-order chi connectivity index (χ1) is 9.42. The van der Waals surface area contributed by atoms with E-state index < -0.39 is 0 Å². The molecule has 2 aliphatic rings. The van der Waals surface area contributed by atoms with Crippen LogP contribution < -0.4 is 5.32 Å². The fourth-order valence-electron chi connectivity index (χ4n) is 3.70. The smallest absolute Gasteiger partial charge is 0.0309 e. The average molecular weight is 281 g/mol. The zero-order chi connectivity index (χ0) is 14.8. The zero-order valence-corrected chi connectivity index (χ0v) is 14.3. The third-order valence-electron chi connectivity index (χ3n) is 5.26. The van der Waals surface area contributed by atoms with Gasteiger partial charge in [0, 0.05) is 24.7 Å². The van der Waals surface area contributed by atoms with Gasteiger partial charge in [0.1, 0.15) is 0 Å². The van der Waals surface area contributed by atoms with Gasteiger partial charge in [0.05, 0.1) is 0 Å². The molecule has 0 spiro atoms. The van der Waals surface area contributed by atoms with E-state index in [1.807, 2.05) is 0 Å². The lowest BCUT2D eigenvalue weighted by Crippen LogP contribution is -2.65. The van der Waals surface area contributed by atoms with Crippen LogP contribution in [0.5, 0.6) is 0 Å². The zero-order valence-electron chi connectivity index (χ0n) is 14.3. The Labute approximate surface area is 126 Å². The summed E-state index contributed by atoms with van der Waals surface area (Å²) in [6.07, 6.45) is 5.53. The molecule has 0 aromatic rings. The first-order valence-corrected chi connectivity index (χ1v) is 8.56. The molecule has 0 aromatic heterocycles. The molecular weight excluding hydrogens is 246 g/mol. The highest BCUT2D eigenvalue weighted by Crippen LogP contribution is 2.41. The van der Waals surface area contributed by atoms with Gasteiger partial charge >= 0.3 is 0 Å². The number of unbranched alkanes of at least 4 members (excludes halogenated alkanes) is 1. The minimum atomic E-state index is 0.382. The Morgan fingerprint density at radius 3 is 2.50 bits per heavy atom. The van der Waals surface area contributed by atoms with E-state index in [4.69, 9.17) is 0 Å². The SMILES string of the molecule is CC(C)C1CNC(C)(C2CC2)CN1CCCCN(C)C. The van der Waals surface area contributed by atoms with E-state index in [9.17, 15) is 0 Å². The van der Waals surface area contributed by atoms with Gasteiger partial charge in [-0.05, 0) is 71.6 Å². The second-order valence-corrected chi connectivity index (χ2v) is 7.86. The van der Waals surface area contributed by atoms with E-state index in [0.29, 0.717) is 5.54 Å². The Bertz CT molecular complexity index is 299. The van der Waals surface area contributed by atoms with Gasteiger partial charge in [-0.15, -0.1) is 0 Å². The molecule has 1 heterocycles. The van der Waals surface area contributed by atoms with Gasteiger partial charge < -0.3 is 10.2 Å². The highest BCUT2D eigenvalue weighted by molar-refractivity contribution is 5.04. The molecule has 0 bridgehead atoms. The molecule has 2 fully saturated rings. The fraction of sp³-hybridized carbons (Fsp3) is 1.00. The number of nitrogens with zero attached hydrogens (tertiary/aromatic N) is 2. The summed E-state index contributed by atoms with van der Waals surface area (Å²) < 4.78 is 0. The molecule has 2 rings (SSSR count). The van der Waals surface area contributed by atoms with Crippen molar-refractivity contribution in [3.05, 3.63) is 0 Å². The van der Waals surface area contributed by atoms with Crippen LogP contribution in [0.3, 0.4) is 0 Å². The first-order valence-electron chi connectivity index (χ1n) is 8.56. The second-order valence-electron chi connectivity index (χ2n) is 7.86. The van der Waals surface area contributed by atoms with Gasteiger partial charge in [0.15, 0.2) is 0 Å². The molecule has 1 N–H and O–H groups in total. The fourth-order valence-corrected chi connectivity index (χ4v) is 3.70. The average Bonchev–Trinajstić information content (AvgIpc) is 3.18. The molecule has 1 saturated heterocycles. The Kier molecular flexibility index (Phi) is 5.49. The lowest BCUT2D eigenvalue weighted by atomic mass is 9.88. The summed E-state index contributed by atoms with van der Waals surface area (Å²) in [5, 5.41) is 3.88. The van der Waals surface area contributed by atoms with Crippen molar-refractivity contribution in [3.63, 3.8) is 0 Å². The molecule has 0 aromatic carbocycles. The standard InChI is InChI=1S/C17H35N3/c1-14(2)16-12-18-17(3,15-8-9-15)13-20(16)11-7-6-10-19(4)5/h14-16,18H,6-13H2,1-5H3. The van der Waals surface area contributed by atoms with Gasteiger partial charge in [0.25, 0.3) is 0 Å². The largest absolute Gasteiger partial charge is 0.309 e. The Morgan fingerprint density at radius 1 is 1.25 bits per heavy atom. The van der Waals surface area contributed by atoms with Crippen LogP contribution in [0.4, 0.5) is 0 Å². The Morgan fingerprint density at radius 2 is 1.95 bits per heavy atom. The molecule has 1 aliphatic heterocycles. The Balaban J connectivity index is 1.86. The topological polar surface area (TPSA) is 18.5 Å². The molecule has 1 aliphatic carbocycles. The highest BCUT2D eigenvalue weighted by Gasteiger charge is 2.46. The van der Waals surface area contributed by atoms with Crippen molar-refractivity contribution < 1.29 is 0 Å². The van der Waals surface area contributed by atoms with Gasteiger partial charge in [-0.2, -0.15) is 0 Å². The minimum Gasteiger partial charge on any atom is -0.309 e. The number of hydrogen-bond acceptors (Lipinski definition) is 3. The molecule has 0 amide bonds. The quantitative estimate of drug-likeness (QED) is 0.723. The summed E-state index contributed by atoms with van der Waals surface area (Å²) >= 11 is 0. The molecule has 20 heavy (non-hydrogen) atoms. The predicted molar refractivity (Wildman–Crippen MR) is 87.1 cm³/mol. The third kappa shape index (κ3) is 4.19. The van der Waals surface area contributed by atoms with E-state index in [0.717, 1.165) is 17.9 Å². The van der Waals surface area contributed by atoms with Crippen molar-refractivity contribution in [2.75, 3.05) is 40.3 Å². The molecule has 3 heteroatoms. The maximum Gasteiger partial charge on any atom is 0.0309 e. The van der Waals surface area contributed by atoms with Gasteiger partial charge in [-0.3, -0.25) is 4.90 Å². The van der Waals surface area contributed by atoms with Crippen LogP contribution in [0.15, 0.2) is 0 Å². The number of nitrogens with one attached hydrogen (secondary N) is 1. The summed E-state index contributed by atoms with van der Waals surface area (Å²) in [6.45, 7) is 12.1. The van der Waals surface area contributed by atoms with Crippen molar-refractivity contribution >= 4 is 0 Å². The number of hydrogen-bond donors (Lipinski definition) is 1. The normalized spacial score (nSPS) is 32.2. The van der Waals surface area contributed by atoms with Crippen LogP contribution in [-0.4, -0.2) is 61.7 Å². The maximum atomic E-state index is 3.88. The Hall–Kier alpha value is -0.120. The first kappa shape index (κ1) is 16.3. The molecule has 2 atom stereocenters. The summed E-state index contributed by atoms with van der Waals surface area (Å²) in [4.78, 5) is 5.08. The van der Waals surface area contributed by atoms with E-state index in [2.05, 4.69) is 50.0 Å². The molecule has 0 radical (unpaired) electrons. The van der Waals surface area contributed by atoms with Crippen LogP contribution in [0.1, 0.15) is 46.5 Å². The van der Waals surface area contributed by atoms with Crippen LogP contribution in [-0.2, 0) is 0 Å². The molecule has 2 unspecified atom stereocenters. The summed E-state index contributed by atoms with van der Waals surface area (Å²) in [5.41, 5.74) is 0.382. The van der Waals surface area contributed by atoms with E-state index in [1.165, 1.54) is 51.9 Å². The van der Waals surface area contributed by atoms with E-state index >= 15 is 0 Å². The molecule has 3 nitrogen and oxygen atoms in total. The van der Waals surface area contributed by atoms with E-state index in [-0.39, 0.29) is 0 Å². The maximum absolute atomic E-state index is 3.88. The van der Waals surface area contributed by atoms with Crippen molar-refractivity contribution in [1.82, 2.24) is 15.1 Å². The number of rotatable bonds is 7. The lowest BCUT2D eigenvalue weighted by molar-refractivity contribution is 0.0508. The second kappa shape index (κ2) is 6.76. The van der Waals surface area contributed by atoms with Gasteiger partial charge in [0.2, 0.25) is 0 Å². The number of piperazine rings is 1. The van der Waals surface area contributed by atoms with Gasteiger partial charge in [-0.25, -0.2) is 0 Å². The predicted octanol–water partition coefficient (Wildman–Crippen LogP) is 2.43. The molecular formula is C17H35N3. The highest BCUT2D eigenvalue weighted by atomic mass is 15.3. The third-order valence-corrected chi connectivity index (χ3v) is 5.26. The van der Waals surface area contributed by atoms with Crippen LogP contribution in [0.2, 0.25) is 0 Å². The summed E-state index contributed by atoms with van der Waals surface area (Å²) in [7, 11) is 4.35. The molecule has 1 saturated carbocycles.